The first-order chi connectivity index (χ1) is 7.69. The Morgan fingerprint density at radius 3 is 2.75 bits per heavy atom. The molecule has 1 fully saturated rings. The summed E-state index contributed by atoms with van der Waals surface area (Å²) in [5.41, 5.74) is 0. The third kappa shape index (κ3) is 4.06. The summed E-state index contributed by atoms with van der Waals surface area (Å²) in [6.45, 7) is 5.24. The molecular weight excluding hydrogens is 272 g/mol. The van der Waals surface area contributed by atoms with Gasteiger partial charge in [-0.2, -0.15) is 0 Å². The number of carbonyl (C=O) groups excluding carboxylic acids is 1. The number of unbranched alkanes of at least 4 members (excludes halogenated alkanes) is 1. The molecule has 0 bridgehead atoms. The number of alkyl halides is 1. The minimum absolute atomic E-state index is 0.0101. The lowest BCUT2D eigenvalue weighted by molar-refractivity contribution is -0.148. The Hall–Kier alpha value is -0.0900. The first kappa shape index (κ1) is 14.0. The van der Waals surface area contributed by atoms with E-state index in [2.05, 4.69) is 22.9 Å². The quantitative estimate of drug-likeness (QED) is 0.429. The van der Waals surface area contributed by atoms with Crippen molar-refractivity contribution in [2.45, 2.75) is 50.5 Å². The Labute approximate surface area is 106 Å². The third-order valence-electron chi connectivity index (χ3n) is 2.88. The molecule has 0 aromatic carbocycles. The molecule has 16 heavy (non-hydrogen) atoms. The second-order valence-electron chi connectivity index (χ2n) is 4.20. The van der Waals surface area contributed by atoms with Gasteiger partial charge in [0.25, 0.3) is 0 Å². The molecule has 1 saturated carbocycles. The first-order valence-electron chi connectivity index (χ1n) is 6.11. The van der Waals surface area contributed by atoms with Crippen LogP contribution in [0.25, 0.3) is 0 Å². The number of rotatable bonds is 6. The van der Waals surface area contributed by atoms with Crippen molar-refractivity contribution in [2.24, 2.45) is 5.92 Å². The molecule has 0 heterocycles. The van der Waals surface area contributed by atoms with Crippen LogP contribution in [0.3, 0.4) is 0 Å². The van der Waals surface area contributed by atoms with Gasteiger partial charge in [-0.25, -0.2) is 0 Å². The molecule has 1 aliphatic rings. The van der Waals surface area contributed by atoms with Crippen LogP contribution in [0.2, 0.25) is 0 Å². The highest BCUT2D eigenvalue weighted by Gasteiger charge is 2.37. The van der Waals surface area contributed by atoms with E-state index in [9.17, 15) is 4.79 Å². The molecule has 3 unspecified atom stereocenters. The number of ether oxygens (including phenoxy) is 2. The number of carbonyl (C=O) groups is 1. The fourth-order valence-electron chi connectivity index (χ4n) is 1.95. The second kappa shape index (κ2) is 7.28. The molecule has 0 spiro atoms. The minimum atomic E-state index is -0.0754. The van der Waals surface area contributed by atoms with Gasteiger partial charge in [0.2, 0.25) is 0 Å². The Balaban J connectivity index is 2.32. The Bertz CT molecular complexity index is 220. The molecular formula is C12H21BrO3. The molecule has 0 aliphatic heterocycles. The maximum Gasteiger partial charge on any atom is 0.309 e. The lowest BCUT2D eigenvalue weighted by Gasteiger charge is -2.14. The maximum atomic E-state index is 11.6. The SMILES string of the molecule is CCCCOC1CC(C(=O)OCC)CC1Br. The van der Waals surface area contributed by atoms with E-state index >= 15 is 0 Å². The van der Waals surface area contributed by atoms with Crippen molar-refractivity contribution >= 4 is 21.9 Å². The zero-order valence-electron chi connectivity index (χ0n) is 10.1. The van der Waals surface area contributed by atoms with E-state index in [4.69, 9.17) is 9.47 Å². The summed E-state index contributed by atoms with van der Waals surface area (Å²) < 4.78 is 10.8. The fraction of sp³-hybridized carbons (Fsp3) is 0.917. The molecule has 0 N–H and O–H groups in total. The standard InChI is InChI=1S/C12H21BrO3/c1-3-5-6-16-11-8-9(7-10(11)13)12(14)15-4-2/h9-11H,3-8H2,1-2H3. The normalized spacial score (nSPS) is 29.3. The van der Waals surface area contributed by atoms with Crippen LogP contribution < -0.4 is 0 Å². The van der Waals surface area contributed by atoms with Crippen molar-refractivity contribution in [1.82, 2.24) is 0 Å². The smallest absolute Gasteiger partial charge is 0.309 e. The molecule has 0 radical (unpaired) electrons. The van der Waals surface area contributed by atoms with Gasteiger partial charge >= 0.3 is 5.97 Å². The highest BCUT2D eigenvalue weighted by Crippen LogP contribution is 2.34. The number of hydrogen-bond acceptors (Lipinski definition) is 3. The van der Waals surface area contributed by atoms with Crippen LogP contribution in [0.1, 0.15) is 39.5 Å². The van der Waals surface area contributed by atoms with Crippen LogP contribution in [-0.2, 0) is 14.3 Å². The summed E-state index contributed by atoms with van der Waals surface area (Å²) in [4.78, 5) is 11.9. The highest BCUT2D eigenvalue weighted by atomic mass is 79.9. The first-order valence-corrected chi connectivity index (χ1v) is 7.02. The number of hydrogen-bond donors (Lipinski definition) is 0. The van der Waals surface area contributed by atoms with Crippen LogP contribution >= 0.6 is 15.9 Å². The fourth-order valence-corrected chi connectivity index (χ4v) is 2.77. The monoisotopic (exact) mass is 292 g/mol. The van der Waals surface area contributed by atoms with Crippen molar-refractivity contribution in [3.63, 3.8) is 0 Å². The molecule has 3 atom stereocenters. The lowest BCUT2D eigenvalue weighted by Crippen LogP contribution is -2.19. The van der Waals surface area contributed by atoms with E-state index in [-0.39, 0.29) is 18.0 Å². The molecule has 0 amide bonds. The van der Waals surface area contributed by atoms with Gasteiger partial charge in [-0.05, 0) is 26.2 Å². The van der Waals surface area contributed by atoms with Crippen LogP contribution in [0.5, 0.6) is 0 Å². The van der Waals surface area contributed by atoms with E-state index in [1.807, 2.05) is 6.92 Å². The van der Waals surface area contributed by atoms with Crippen molar-refractivity contribution in [3.05, 3.63) is 0 Å². The second-order valence-corrected chi connectivity index (χ2v) is 5.38. The number of halogens is 1. The van der Waals surface area contributed by atoms with Gasteiger partial charge in [0.05, 0.1) is 18.6 Å². The summed E-state index contributed by atoms with van der Waals surface area (Å²) in [5, 5.41) is 0. The van der Waals surface area contributed by atoms with E-state index < -0.39 is 0 Å². The zero-order valence-corrected chi connectivity index (χ0v) is 11.7. The van der Waals surface area contributed by atoms with Crippen LogP contribution in [-0.4, -0.2) is 30.1 Å². The van der Waals surface area contributed by atoms with Gasteiger partial charge in [-0.3, -0.25) is 4.79 Å². The lowest BCUT2D eigenvalue weighted by atomic mass is 10.1. The van der Waals surface area contributed by atoms with Crippen LogP contribution in [0, 0.1) is 5.92 Å². The molecule has 94 valence electrons. The maximum absolute atomic E-state index is 11.6. The van der Waals surface area contributed by atoms with E-state index in [0.29, 0.717) is 11.4 Å². The summed E-state index contributed by atoms with van der Waals surface area (Å²) in [6, 6.07) is 0. The molecule has 4 heteroatoms. The van der Waals surface area contributed by atoms with E-state index in [1.165, 1.54) is 0 Å². The van der Waals surface area contributed by atoms with E-state index in [1.54, 1.807) is 0 Å². The predicted molar refractivity (Wildman–Crippen MR) is 66.7 cm³/mol. The van der Waals surface area contributed by atoms with Crippen molar-refractivity contribution in [2.75, 3.05) is 13.2 Å². The van der Waals surface area contributed by atoms with Crippen molar-refractivity contribution in [3.8, 4) is 0 Å². The molecule has 3 nitrogen and oxygen atoms in total. The van der Waals surface area contributed by atoms with Crippen LogP contribution in [0.4, 0.5) is 0 Å². The van der Waals surface area contributed by atoms with Crippen molar-refractivity contribution < 1.29 is 14.3 Å². The van der Waals surface area contributed by atoms with E-state index in [0.717, 1.165) is 32.3 Å². The number of esters is 1. The molecule has 1 aliphatic carbocycles. The summed E-state index contributed by atoms with van der Waals surface area (Å²) in [5.74, 6) is -0.0653. The minimum Gasteiger partial charge on any atom is -0.466 e. The molecule has 1 rings (SSSR count). The van der Waals surface area contributed by atoms with Crippen molar-refractivity contribution in [1.29, 1.82) is 0 Å². The predicted octanol–water partition coefficient (Wildman–Crippen LogP) is 2.91. The average molecular weight is 293 g/mol. The Morgan fingerprint density at radius 2 is 2.12 bits per heavy atom. The summed E-state index contributed by atoms with van der Waals surface area (Å²) in [6.07, 6.45) is 4.01. The highest BCUT2D eigenvalue weighted by molar-refractivity contribution is 9.09. The van der Waals surface area contributed by atoms with Gasteiger partial charge in [-0.15, -0.1) is 0 Å². The zero-order chi connectivity index (χ0) is 12.0. The topological polar surface area (TPSA) is 35.5 Å². The third-order valence-corrected chi connectivity index (χ3v) is 3.84. The Morgan fingerprint density at radius 1 is 1.38 bits per heavy atom. The summed E-state index contributed by atoms with van der Waals surface area (Å²) >= 11 is 3.58. The molecule has 0 saturated heterocycles. The summed E-state index contributed by atoms with van der Waals surface area (Å²) in [7, 11) is 0. The van der Waals surface area contributed by atoms with Gasteiger partial charge in [0.1, 0.15) is 0 Å². The van der Waals surface area contributed by atoms with Gasteiger partial charge in [-0.1, -0.05) is 29.3 Å². The van der Waals surface area contributed by atoms with Crippen LogP contribution in [0.15, 0.2) is 0 Å². The van der Waals surface area contributed by atoms with Gasteiger partial charge < -0.3 is 9.47 Å². The Kier molecular flexibility index (Phi) is 6.36. The molecule has 0 aromatic rings. The average Bonchev–Trinajstić information content (AvgIpc) is 2.61. The van der Waals surface area contributed by atoms with Gasteiger partial charge in [0.15, 0.2) is 0 Å². The largest absolute Gasteiger partial charge is 0.466 e. The van der Waals surface area contributed by atoms with Gasteiger partial charge in [0, 0.05) is 11.4 Å². The molecule has 0 aromatic heterocycles.